The van der Waals surface area contributed by atoms with E-state index < -0.39 is 61.0 Å². The van der Waals surface area contributed by atoms with Gasteiger partial charge in [0.1, 0.15) is 23.3 Å². The van der Waals surface area contributed by atoms with E-state index in [0.29, 0.717) is 133 Å². The number of ether oxygens (including phenoxy) is 5. The molecule has 1 aromatic carbocycles. The second-order valence-electron chi connectivity index (χ2n) is 19.5. The normalized spacial score (nSPS) is 21.2. The van der Waals surface area contributed by atoms with Crippen molar-refractivity contribution in [3.8, 4) is 11.8 Å². The zero-order chi connectivity index (χ0) is 55.2. The smallest absolute Gasteiger partial charge is 0.354 e. The van der Waals surface area contributed by atoms with Gasteiger partial charge in [0, 0.05) is 95.1 Å². The van der Waals surface area contributed by atoms with Crippen LogP contribution in [0.3, 0.4) is 0 Å². The molecular formula is C53H63F3N10O12. The van der Waals surface area contributed by atoms with E-state index >= 15 is 0 Å². The Morgan fingerprint density at radius 3 is 2.00 bits per heavy atom. The number of likely N-dealkylation sites (tertiary alicyclic amines) is 3. The minimum Gasteiger partial charge on any atom is -0.494 e. The summed E-state index contributed by atoms with van der Waals surface area (Å²) in [4.78, 5) is 85.3. The molecule has 0 spiro atoms. The lowest BCUT2D eigenvalue weighted by molar-refractivity contribution is -0.133. The molecule has 25 heteroatoms. The highest BCUT2D eigenvalue weighted by molar-refractivity contribution is 6.07. The Balaban J connectivity index is 0.777. The monoisotopic (exact) mass is 1090 g/mol. The third kappa shape index (κ3) is 15.9. The van der Waals surface area contributed by atoms with Crippen LogP contribution in [0.25, 0.3) is 10.9 Å². The molecule has 418 valence electrons. The van der Waals surface area contributed by atoms with Gasteiger partial charge in [0.15, 0.2) is 5.69 Å². The van der Waals surface area contributed by atoms with Crippen LogP contribution < -0.4 is 10.1 Å². The highest BCUT2D eigenvalue weighted by atomic mass is 19.3. The predicted molar refractivity (Wildman–Crippen MR) is 270 cm³/mol. The first-order valence-electron chi connectivity index (χ1n) is 25.9. The highest BCUT2D eigenvalue weighted by Gasteiger charge is 2.47. The molecular weight excluding hydrogens is 1030 g/mol. The fourth-order valence-electron chi connectivity index (χ4n) is 10.1. The molecule has 8 rings (SSSR count). The number of halogens is 3. The molecule has 4 aliphatic heterocycles. The molecule has 7 heterocycles. The second kappa shape index (κ2) is 27.1. The Kier molecular flexibility index (Phi) is 19.9. The number of nitriles is 1. The van der Waals surface area contributed by atoms with Crippen molar-refractivity contribution in [2.24, 2.45) is 0 Å². The van der Waals surface area contributed by atoms with Crippen LogP contribution in [0.5, 0.6) is 5.75 Å². The summed E-state index contributed by atoms with van der Waals surface area (Å²) in [5.41, 5.74) is 1.50. The van der Waals surface area contributed by atoms with Crippen molar-refractivity contribution in [3.05, 3.63) is 94.4 Å². The number of rotatable bonds is 16. The zero-order valence-electron chi connectivity index (χ0n) is 43.0. The lowest BCUT2D eigenvalue weighted by Gasteiger charge is -2.34. The minimum atomic E-state index is -3.17. The van der Waals surface area contributed by atoms with Gasteiger partial charge in [-0.3, -0.25) is 34.1 Å². The molecule has 0 radical (unpaired) electrons. The number of fused-ring (bicyclic) bond motifs is 3. The first kappa shape index (κ1) is 57.3. The number of carboxylic acids is 2. The molecule has 0 aliphatic carbocycles. The van der Waals surface area contributed by atoms with E-state index in [0.717, 1.165) is 23.9 Å². The number of alkyl halides is 2. The number of aromatic nitrogens is 3. The van der Waals surface area contributed by atoms with Crippen molar-refractivity contribution in [3.63, 3.8) is 0 Å². The van der Waals surface area contributed by atoms with Gasteiger partial charge in [0.05, 0.1) is 108 Å². The van der Waals surface area contributed by atoms with Crippen molar-refractivity contribution in [1.29, 1.82) is 5.26 Å². The summed E-state index contributed by atoms with van der Waals surface area (Å²) in [6.45, 7) is 5.71. The maximum absolute atomic E-state index is 14.1. The Labute approximate surface area is 447 Å². The average Bonchev–Trinajstić information content (AvgIpc) is 4.16. The number of hydrogen-bond acceptors (Lipinski definition) is 17. The molecule has 4 aromatic rings. The summed E-state index contributed by atoms with van der Waals surface area (Å²) in [6.07, 6.45) is 2.20. The third-order valence-electron chi connectivity index (χ3n) is 13.9. The Hall–Kier alpha value is -6.92. The van der Waals surface area contributed by atoms with Crippen molar-refractivity contribution in [2.75, 3.05) is 118 Å². The number of benzene rings is 1. The van der Waals surface area contributed by atoms with E-state index in [9.17, 15) is 52.6 Å². The van der Waals surface area contributed by atoms with Gasteiger partial charge >= 0.3 is 11.9 Å². The molecule has 3 aromatic heterocycles. The number of aromatic carboxylic acids is 2. The van der Waals surface area contributed by atoms with E-state index in [2.05, 4.69) is 25.2 Å². The van der Waals surface area contributed by atoms with Gasteiger partial charge in [-0.25, -0.2) is 32.7 Å². The second-order valence-corrected chi connectivity index (χ2v) is 19.5. The molecule has 4 fully saturated rings. The molecule has 3 N–H and O–H groups in total. The van der Waals surface area contributed by atoms with E-state index in [-0.39, 0.29) is 60.1 Å². The summed E-state index contributed by atoms with van der Waals surface area (Å²) >= 11 is 0. The molecule has 3 amide bonds. The average molecular weight is 1090 g/mol. The van der Waals surface area contributed by atoms with E-state index in [1.165, 1.54) is 24.4 Å². The number of carboxylic acid groups (broad SMARTS) is 2. The van der Waals surface area contributed by atoms with Gasteiger partial charge in [-0.15, -0.1) is 0 Å². The number of nitrogens with zero attached hydrogens (tertiary/aromatic N) is 9. The number of carbonyl (C=O) groups is 5. The summed E-state index contributed by atoms with van der Waals surface area (Å²) in [5.74, 6) is -7.37. The Bertz CT molecular complexity index is 2810. The number of amides is 3. The maximum Gasteiger partial charge on any atom is 0.354 e. The summed E-state index contributed by atoms with van der Waals surface area (Å²) in [5, 5.41) is 31.5. The lowest BCUT2D eigenvalue weighted by atomic mass is 10.1. The molecule has 4 aliphatic rings. The number of nitrogens with one attached hydrogen (secondary N) is 1. The molecule has 3 atom stereocenters. The molecule has 22 nitrogen and oxygen atoms in total. The topological polar surface area (TPSA) is 263 Å². The molecule has 2 bridgehead atoms. The van der Waals surface area contributed by atoms with Crippen molar-refractivity contribution in [1.82, 2.24) is 44.8 Å². The fourth-order valence-corrected chi connectivity index (χ4v) is 10.1. The SMILES string of the molecule is N#C[C@@H]1CC(F)(F)CN1C(=O)CNC(=O)c1ccnc2ccc(OCCCN3C[C@H]4C[C@@H]3CN4C(=O)Cc3cc(CN4CCOCCOCCN(Cc5cc(F)cc(C(=O)O)n5)CCOCCOCC4)nc(C(=O)O)c3)cc12. The van der Waals surface area contributed by atoms with Crippen LogP contribution in [-0.4, -0.2) is 222 Å². The standard InChI is InChI=1S/C53H63F3N10O12/c54-36-23-38(61-47(24-36)52(72)73)31-63-9-14-76-18-16-74-12-7-62(8-13-75-17-19-77-15-10-63)30-37-20-35(21-46(60-37)51(70)71)22-48(67)65-33-39-25-40(65)32-64(39)6-1-11-78-42-2-3-45-44(26-42)43(4-5-58-45)50(69)59-29-49(68)66-34-53(55,56)27-41(66)28-57/h2-5,20-21,23-24,26,39-41H,1,6-19,22,25,27,29-34H2,(H,59,69)(H,70,71)(H,72,73)/t39-,40-,41+/m1/s1. The van der Waals surface area contributed by atoms with Crippen LogP contribution in [0.2, 0.25) is 0 Å². The summed E-state index contributed by atoms with van der Waals surface area (Å²) in [6, 6.07) is 12.5. The largest absolute Gasteiger partial charge is 0.494 e. The van der Waals surface area contributed by atoms with Crippen LogP contribution >= 0.6 is 0 Å². The first-order valence-corrected chi connectivity index (χ1v) is 25.9. The number of piperazine rings is 1. The first-order chi connectivity index (χ1) is 37.6. The van der Waals surface area contributed by atoms with Gasteiger partial charge in [0.2, 0.25) is 11.8 Å². The fraction of sp³-hybridized carbons (Fsp3) is 0.528. The molecule has 0 unspecified atom stereocenters. The van der Waals surface area contributed by atoms with Crippen molar-refractivity contribution in [2.45, 2.75) is 62.8 Å². The van der Waals surface area contributed by atoms with Crippen molar-refractivity contribution >= 4 is 40.6 Å². The van der Waals surface area contributed by atoms with Gasteiger partial charge in [-0.1, -0.05) is 0 Å². The zero-order valence-corrected chi connectivity index (χ0v) is 43.0. The number of carbonyl (C=O) groups excluding carboxylic acids is 3. The van der Waals surface area contributed by atoms with Gasteiger partial charge < -0.3 is 49.0 Å². The van der Waals surface area contributed by atoms with Crippen LogP contribution in [-0.2, 0) is 48.0 Å². The number of pyridine rings is 3. The van der Waals surface area contributed by atoms with E-state index in [1.54, 1.807) is 30.3 Å². The maximum atomic E-state index is 14.1. The van der Waals surface area contributed by atoms with Crippen LogP contribution in [0.4, 0.5) is 13.2 Å². The van der Waals surface area contributed by atoms with E-state index in [1.807, 2.05) is 14.7 Å². The van der Waals surface area contributed by atoms with Gasteiger partial charge in [-0.2, -0.15) is 5.26 Å². The highest BCUT2D eigenvalue weighted by Crippen LogP contribution is 2.33. The lowest BCUT2D eigenvalue weighted by Crippen LogP contribution is -2.49. The van der Waals surface area contributed by atoms with Crippen LogP contribution in [0.15, 0.2) is 54.7 Å². The summed E-state index contributed by atoms with van der Waals surface area (Å²) in [7, 11) is 0. The Morgan fingerprint density at radius 1 is 0.769 bits per heavy atom. The Morgan fingerprint density at radius 2 is 1.40 bits per heavy atom. The quantitative estimate of drug-likeness (QED) is 0.136. The van der Waals surface area contributed by atoms with Gasteiger partial charge in [-0.05, 0) is 60.9 Å². The van der Waals surface area contributed by atoms with Crippen LogP contribution in [0.1, 0.15) is 67.5 Å². The number of hydrogen-bond donors (Lipinski definition) is 3. The molecule has 78 heavy (non-hydrogen) atoms. The molecule has 4 saturated heterocycles. The van der Waals surface area contributed by atoms with Crippen LogP contribution in [0, 0.1) is 17.1 Å². The van der Waals surface area contributed by atoms with Crippen molar-refractivity contribution < 1.29 is 71.0 Å². The minimum absolute atomic E-state index is 0.00409. The van der Waals surface area contributed by atoms with E-state index in [4.69, 9.17) is 23.7 Å². The van der Waals surface area contributed by atoms with Gasteiger partial charge in [0.25, 0.3) is 11.8 Å². The molecule has 0 saturated carbocycles. The summed E-state index contributed by atoms with van der Waals surface area (Å²) < 4.78 is 71.4. The predicted octanol–water partition coefficient (Wildman–Crippen LogP) is 2.73. The third-order valence-corrected chi connectivity index (χ3v) is 13.9.